The number of ether oxygens (including phenoxy) is 1. The van der Waals surface area contributed by atoms with Crippen LogP contribution in [-0.4, -0.2) is 0 Å². The summed E-state index contributed by atoms with van der Waals surface area (Å²) in [6.07, 6.45) is 0. The van der Waals surface area contributed by atoms with E-state index in [0.29, 0.717) is 5.92 Å². The van der Waals surface area contributed by atoms with Gasteiger partial charge < -0.3 is 4.74 Å². The quantitative estimate of drug-likeness (QED) is 0.551. The average Bonchev–Trinajstić information content (AvgIpc) is 2.58. The van der Waals surface area contributed by atoms with Crippen LogP contribution in [0, 0.1) is 0 Å². The fourth-order valence-electron chi connectivity index (χ4n) is 1.95. The largest absolute Gasteiger partial charge is 0.457 e. The van der Waals surface area contributed by atoms with Crippen molar-refractivity contribution in [3.05, 3.63) is 96.6 Å². The van der Waals surface area contributed by atoms with Gasteiger partial charge in [0.05, 0.1) is 0 Å². The highest BCUT2D eigenvalue weighted by Crippen LogP contribution is 2.19. The molecular weight excluding hydrogens is 268 g/mol. The van der Waals surface area contributed by atoms with E-state index < -0.39 is 0 Å². The zero-order valence-electron chi connectivity index (χ0n) is 13.1. The SMILES string of the molecule is CC(C)c1ccccc1.c1ccc(Oc2ccccc2)cc1. The minimum atomic E-state index is 0.659. The maximum atomic E-state index is 5.58. The van der Waals surface area contributed by atoms with Gasteiger partial charge in [0, 0.05) is 0 Å². The molecule has 3 aromatic rings. The van der Waals surface area contributed by atoms with Gasteiger partial charge in [0.25, 0.3) is 0 Å². The number of benzene rings is 3. The molecule has 112 valence electrons. The van der Waals surface area contributed by atoms with Crippen molar-refractivity contribution in [3.63, 3.8) is 0 Å². The van der Waals surface area contributed by atoms with Gasteiger partial charge in [-0.3, -0.25) is 0 Å². The molecule has 0 atom stereocenters. The highest BCUT2D eigenvalue weighted by molar-refractivity contribution is 5.30. The Hall–Kier alpha value is -2.54. The van der Waals surface area contributed by atoms with E-state index in [0.717, 1.165) is 11.5 Å². The van der Waals surface area contributed by atoms with Gasteiger partial charge >= 0.3 is 0 Å². The first-order valence-corrected chi connectivity index (χ1v) is 7.58. The lowest BCUT2D eigenvalue weighted by molar-refractivity contribution is 0.482. The van der Waals surface area contributed by atoms with Crippen molar-refractivity contribution >= 4 is 0 Å². The standard InChI is InChI=1S/C12H10O.C9H12/c1-3-7-11(8-4-1)13-12-9-5-2-6-10-12;1-8(2)9-6-4-3-5-7-9/h1-10H;3-8H,1-2H3. The van der Waals surface area contributed by atoms with E-state index in [1.807, 2.05) is 66.7 Å². The third-order valence-electron chi connectivity index (χ3n) is 3.19. The Labute approximate surface area is 133 Å². The first-order chi connectivity index (χ1) is 10.8. The van der Waals surface area contributed by atoms with Crippen LogP contribution in [0.1, 0.15) is 25.3 Å². The van der Waals surface area contributed by atoms with Gasteiger partial charge in [-0.05, 0) is 35.7 Å². The molecule has 0 fully saturated rings. The molecule has 0 radical (unpaired) electrons. The molecule has 3 aromatic carbocycles. The fraction of sp³-hybridized carbons (Fsp3) is 0.143. The van der Waals surface area contributed by atoms with E-state index in [2.05, 4.69) is 38.1 Å². The minimum Gasteiger partial charge on any atom is -0.457 e. The van der Waals surface area contributed by atoms with Gasteiger partial charge in [0.2, 0.25) is 0 Å². The van der Waals surface area contributed by atoms with Crippen LogP contribution in [0.5, 0.6) is 11.5 Å². The van der Waals surface area contributed by atoms with Gasteiger partial charge in [0.1, 0.15) is 11.5 Å². The molecule has 1 heteroatoms. The molecule has 0 saturated carbocycles. The predicted octanol–water partition coefficient (Wildman–Crippen LogP) is 6.29. The van der Waals surface area contributed by atoms with E-state index in [1.54, 1.807) is 0 Å². The second-order valence-electron chi connectivity index (χ2n) is 5.29. The lowest BCUT2D eigenvalue weighted by Gasteiger charge is -2.03. The Bertz CT molecular complexity index is 593. The number of hydrogen-bond donors (Lipinski definition) is 0. The molecule has 0 aliphatic heterocycles. The summed E-state index contributed by atoms with van der Waals surface area (Å²) in [4.78, 5) is 0. The molecule has 0 unspecified atom stereocenters. The topological polar surface area (TPSA) is 9.23 Å². The number of rotatable bonds is 3. The molecular formula is C21H22O. The summed E-state index contributed by atoms with van der Waals surface area (Å²) in [6.45, 7) is 4.41. The van der Waals surface area contributed by atoms with Crippen molar-refractivity contribution in [2.24, 2.45) is 0 Å². The Morgan fingerprint density at radius 1 is 0.545 bits per heavy atom. The van der Waals surface area contributed by atoms with E-state index in [1.165, 1.54) is 5.56 Å². The van der Waals surface area contributed by atoms with Crippen molar-refractivity contribution in [2.75, 3.05) is 0 Å². The highest BCUT2D eigenvalue weighted by atomic mass is 16.5. The monoisotopic (exact) mass is 290 g/mol. The zero-order valence-corrected chi connectivity index (χ0v) is 13.1. The molecule has 0 amide bonds. The molecule has 3 rings (SSSR count). The zero-order chi connectivity index (χ0) is 15.6. The molecule has 0 spiro atoms. The van der Waals surface area contributed by atoms with Crippen molar-refractivity contribution < 1.29 is 4.74 Å². The van der Waals surface area contributed by atoms with Gasteiger partial charge in [-0.2, -0.15) is 0 Å². The Morgan fingerprint density at radius 2 is 0.909 bits per heavy atom. The van der Waals surface area contributed by atoms with Crippen molar-refractivity contribution in [1.29, 1.82) is 0 Å². The minimum absolute atomic E-state index is 0.659. The predicted molar refractivity (Wildman–Crippen MR) is 93.5 cm³/mol. The summed E-state index contributed by atoms with van der Waals surface area (Å²) in [5.41, 5.74) is 1.41. The van der Waals surface area contributed by atoms with Crippen LogP contribution in [-0.2, 0) is 0 Å². The van der Waals surface area contributed by atoms with Gasteiger partial charge in [-0.25, -0.2) is 0 Å². The van der Waals surface area contributed by atoms with Crippen LogP contribution in [0.4, 0.5) is 0 Å². The Balaban J connectivity index is 0.000000172. The van der Waals surface area contributed by atoms with Crippen molar-refractivity contribution in [3.8, 4) is 11.5 Å². The summed E-state index contributed by atoms with van der Waals surface area (Å²) >= 11 is 0. The van der Waals surface area contributed by atoms with E-state index in [-0.39, 0.29) is 0 Å². The first-order valence-electron chi connectivity index (χ1n) is 7.58. The lowest BCUT2D eigenvalue weighted by Crippen LogP contribution is -1.83. The van der Waals surface area contributed by atoms with Crippen LogP contribution in [0.3, 0.4) is 0 Å². The number of para-hydroxylation sites is 2. The Kier molecular flexibility index (Phi) is 6.25. The second kappa shape index (κ2) is 8.68. The summed E-state index contributed by atoms with van der Waals surface area (Å²) in [5.74, 6) is 2.40. The van der Waals surface area contributed by atoms with Crippen LogP contribution in [0.2, 0.25) is 0 Å². The normalized spacial score (nSPS) is 9.77. The van der Waals surface area contributed by atoms with Crippen LogP contribution in [0.15, 0.2) is 91.0 Å². The molecule has 0 aromatic heterocycles. The molecule has 0 aliphatic carbocycles. The molecule has 0 N–H and O–H groups in total. The third kappa shape index (κ3) is 5.45. The highest BCUT2D eigenvalue weighted by Gasteiger charge is 1.93. The second-order valence-corrected chi connectivity index (χ2v) is 5.29. The Morgan fingerprint density at radius 3 is 1.23 bits per heavy atom. The van der Waals surface area contributed by atoms with Crippen LogP contribution < -0.4 is 4.74 Å². The maximum Gasteiger partial charge on any atom is 0.127 e. The van der Waals surface area contributed by atoms with Crippen LogP contribution in [0.25, 0.3) is 0 Å². The molecule has 22 heavy (non-hydrogen) atoms. The first kappa shape index (κ1) is 15.8. The molecule has 0 aliphatic rings. The van der Waals surface area contributed by atoms with E-state index in [4.69, 9.17) is 4.74 Å². The van der Waals surface area contributed by atoms with E-state index in [9.17, 15) is 0 Å². The maximum absolute atomic E-state index is 5.58. The summed E-state index contributed by atoms with van der Waals surface area (Å²) in [5, 5.41) is 0. The molecule has 0 bridgehead atoms. The van der Waals surface area contributed by atoms with Gasteiger partial charge in [0.15, 0.2) is 0 Å². The summed E-state index contributed by atoms with van der Waals surface area (Å²) in [7, 11) is 0. The summed E-state index contributed by atoms with van der Waals surface area (Å²) in [6, 6.07) is 30.0. The third-order valence-corrected chi connectivity index (χ3v) is 3.19. The van der Waals surface area contributed by atoms with Crippen molar-refractivity contribution in [2.45, 2.75) is 19.8 Å². The lowest BCUT2D eigenvalue weighted by atomic mass is 10.0. The number of hydrogen-bond acceptors (Lipinski definition) is 1. The summed E-state index contributed by atoms with van der Waals surface area (Å²) < 4.78 is 5.58. The van der Waals surface area contributed by atoms with Crippen LogP contribution >= 0.6 is 0 Å². The van der Waals surface area contributed by atoms with E-state index >= 15 is 0 Å². The molecule has 0 heterocycles. The average molecular weight is 290 g/mol. The smallest absolute Gasteiger partial charge is 0.127 e. The molecule has 0 saturated heterocycles. The van der Waals surface area contributed by atoms with Gasteiger partial charge in [-0.1, -0.05) is 80.6 Å². The van der Waals surface area contributed by atoms with Gasteiger partial charge in [-0.15, -0.1) is 0 Å². The fourth-order valence-corrected chi connectivity index (χ4v) is 1.95. The van der Waals surface area contributed by atoms with Crippen molar-refractivity contribution in [1.82, 2.24) is 0 Å². The molecule has 1 nitrogen and oxygen atoms in total.